The Hall–Kier alpha value is -1.05. The molecule has 0 atom stereocenters. The average molecular weight is 167 g/mol. The van der Waals surface area contributed by atoms with Crippen molar-refractivity contribution < 1.29 is 5.21 Å². The molecule has 0 aromatic carbocycles. The zero-order valence-electron chi connectivity index (χ0n) is 7.61. The summed E-state index contributed by atoms with van der Waals surface area (Å²) in [5, 5.41) is 10.9. The monoisotopic (exact) mass is 167 g/mol. The zero-order valence-corrected chi connectivity index (χ0v) is 7.61. The second-order valence-corrected chi connectivity index (χ2v) is 2.57. The van der Waals surface area contributed by atoms with Gasteiger partial charge in [-0.05, 0) is 18.9 Å². The zero-order chi connectivity index (χ0) is 9.07. The van der Waals surface area contributed by atoms with Gasteiger partial charge in [0.2, 0.25) is 0 Å². The van der Waals surface area contributed by atoms with Crippen LogP contribution in [0.1, 0.15) is 32.6 Å². The van der Waals surface area contributed by atoms with Gasteiger partial charge in [-0.25, -0.2) is 0 Å². The maximum absolute atomic E-state index is 8.03. The van der Waals surface area contributed by atoms with Crippen molar-refractivity contribution in [1.82, 2.24) is 0 Å². The van der Waals surface area contributed by atoms with Gasteiger partial charge < -0.3 is 5.21 Å². The number of oxime groups is 1. The molecule has 0 spiro atoms. The summed E-state index contributed by atoms with van der Waals surface area (Å²) in [6.07, 6.45) is 13.9. The molecule has 0 aromatic rings. The Bertz CT molecular complexity index is 159. The van der Waals surface area contributed by atoms with Gasteiger partial charge in [-0.15, -0.1) is 0 Å². The van der Waals surface area contributed by atoms with E-state index in [1.54, 1.807) is 6.08 Å². The van der Waals surface area contributed by atoms with Gasteiger partial charge in [0, 0.05) is 0 Å². The third-order valence-electron chi connectivity index (χ3n) is 1.49. The Kier molecular flexibility index (Phi) is 9.08. The van der Waals surface area contributed by atoms with Crippen LogP contribution in [-0.4, -0.2) is 11.4 Å². The number of allylic oxidation sites excluding steroid dienone is 4. The minimum Gasteiger partial charge on any atom is -0.411 e. The van der Waals surface area contributed by atoms with Crippen molar-refractivity contribution >= 4 is 6.21 Å². The van der Waals surface area contributed by atoms with Gasteiger partial charge in [0.1, 0.15) is 0 Å². The molecule has 0 saturated heterocycles. The minimum atomic E-state index is 1.13. The van der Waals surface area contributed by atoms with E-state index in [1.807, 2.05) is 12.2 Å². The van der Waals surface area contributed by atoms with Gasteiger partial charge in [-0.3, -0.25) is 0 Å². The van der Waals surface area contributed by atoms with E-state index in [0.29, 0.717) is 0 Å². The van der Waals surface area contributed by atoms with Crippen LogP contribution >= 0.6 is 0 Å². The quantitative estimate of drug-likeness (QED) is 0.213. The molecule has 0 aliphatic rings. The standard InChI is InChI=1S/C10H17NO/c1-2-3-4-5-6-7-8-9-10-11-12/h6-10,12H,2-5H2,1H3/b7-6+,9-8+,11-10+. The molecule has 0 amide bonds. The van der Waals surface area contributed by atoms with Crippen molar-refractivity contribution in [3.8, 4) is 0 Å². The molecule has 0 radical (unpaired) electrons. The molecule has 0 unspecified atom stereocenters. The maximum Gasteiger partial charge on any atom is 0.0661 e. The first-order valence-corrected chi connectivity index (χ1v) is 4.41. The number of hydrogen-bond donors (Lipinski definition) is 1. The van der Waals surface area contributed by atoms with E-state index in [-0.39, 0.29) is 0 Å². The van der Waals surface area contributed by atoms with Crippen LogP contribution in [0, 0.1) is 0 Å². The van der Waals surface area contributed by atoms with Gasteiger partial charge in [0.25, 0.3) is 0 Å². The first-order valence-electron chi connectivity index (χ1n) is 4.41. The lowest BCUT2D eigenvalue weighted by Crippen LogP contribution is -1.69. The molecule has 0 bridgehead atoms. The van der Waals surface area contributed by atoms with Gasteiger partial charge >= 0.3 is 0 Å². The number of unbranched alkanes of at least 4 members (excludes halogenated alkanes) is 3. The summed E-state index contributed by atoms with van der Waals surface area (Å²) in [6, 6.07) is 0. The molecular weight excluding hydrogens is 150 g/mol. The molecule has 0 saturated carbocycles. The van der Waals surface area contributed by atoms with Crippen LogP contribution in [0.15, 0.2) is 29.5 Å². The molecule has 2 nitrogen and oxygen atoms in total. The van der Waals surface area contributed by atoms with Gasteiger partial charge in [0.05, 0.1) is 6.21 Å². The Morgan fingerprint density at radius 2 is 2.00 bits per heavy atom. The number of hydrogen-bond acceptors (Lipinski definition) is 2. The molecule has 0 rings (SSSR count). The molecular formula is C10H17NO. The summed E-state index contributed by atoms with van der Waals surface area (Å²) in [7, 11) is 0. The van der Waals surface area contributed by atoms with Gasteiger partial charge in [-0.2, -0.15) is 0 Å². The van der Waals surface area contributed by atoms with Crippen molar-refractivity contribution in [3.05, 3.63) is 24.3 Å². The summed E-state index contributed by atoms with van der Waals surface area (Å²) in [6.45, 7) is 2.20. The van der Waals surface area contributed by atoms with Crippen molar-refractivity contribution in [2.24, 2.45) is 5.16 Å². The third-order valence-corrected chi connectivity index (χ3v) is 1.49. The van der Waals surface area contributed by atoms with E-state index in [1.165, 1.54) is 25.5 Å². The van der Waals surface area contributed by atoms with Crippen molar-refractivity contribution in [3.63, 3.8) is 0 Å². The van der Waals surface area contributed by atoms with Crippen molar-refractivity contribution in [1.29, 1.82) is 0 Å². The van der Waals surface area contributed by atoms with E-state index >= 15 is 0 Å². The smallest absolute Gasteiger partial charge is 0.0661 e. The van der Waals surface area contributed by atoms with Crippen LogP contribution in [0.25, 0.3) is 0 Å². The molecule has 0 heterocycles. The van der Waals surface area contributed by atoms with E-state index in [4.69, 9.17) is 5.21 Å². The lowest BCUT2D eigenvalue weighted by atomic mass is 10.2. The summed E-state index contributed by atoms with van der Waals surface area (Å²) in [5.74, 6) is 0. The topological polar surface area (TPSA) is 32.6 Å². The minimum absolute atomic E-state index is 1.13. The van der Waals surface area contributed by atoms with Crippen LogP contribution in [-0.2, 0) is 0 Å². The fourth-order valence-electron chi connectivity index (χ4n) is 0.839. The molecule has 1 N–H and O–H groups in total. The van der Waals surface area contributed by atoms with Crippen LogP contribution in [0.4, 0.5) is 0 Å². The van der Waals surface area contributed by atoms with E-state index in [2.05, 4.69) is 18.2 Å². The molecule has 0 fully saturated rings. The average Bonchev–Trinajstić information content (AvgIpc) is 2.10. The fourth-order valence-corrected chi connectivity index (χ4v) is 0.839. The first-order chi connectivity index (χ1) is 5.91. The van der Waals surface area contributed by atoms with E-state index < -0.39 is 0 Å². The van der Waals surface area contributed by atoms with E-state index in [0.717, 1.165) is 6.42 Å². The predicted octanol–water partition coefficient (Wildman–Crippen LogP) is 3.14. The summed E-state index contributed by atoms with van der Waals surface area (Å²) in [4.78, 5) is 0. The van der Waals surface area contributed by atoms with Gasteiger partial charge in [0.15, 0.2) is 0 Å². The Labute approximate surface area is 74.3 Å². The Balaban J connectivity index is 3.24. The second kappa shape index (κ2) is 9.95. The van der Waals surface area contributed by atoms with Crippen LogP contribution in [0.5, 0.6) is 0 Å². The van der Waals surface area contributed by atoms with E-state index in [9.17, 15) is 0 Å². The van der Waals surface area contributed by atoms with Crippen molar-refractivity contribution in [2.45, 2.75) is 32.6 Å². The normalized spacial score (nSPS) is 12.4. The van der Waals surface area contributed by atoms with Crippen molar-refractivity contribution in [2.75, 3.05) is 0 Å². The summed E-state index contributed by atoms with van der Waals surface area (Å²) in [5.41, 5.74) is 0. The summed E-state index contributed by atoms with van der Waals surface area (Å²) < 4.78 is 0. The summed E-state index contributed by atoms with van der Waals surface area (Å²) >= 11 is 0. The predicted molar refractivity (Wildman–Crippen MR) is 52.7 cm³/mol. The van der Waals surface area contributed by atoms with Crippen LogP contribution in [0.2, 0.25) is 0 Å². The third kappa shape index (κ3) is 8.95. The second-order valence-electron chi connectivity index (χ2n) is 2.57. The molecule has 68 valence electrons. The lowest BCUT2D eigenvalue weighted by molar-refractivity contribution is 0.322. The highest BCUT2D eigenvalue weighted by molar-refractivity contribution is 5.70. The Morgan fingerprint density at radius 3 is 2.67 bits per heavy atom. The van der Waals surface area contributed by atoms with Crippen LogP contribution in [0.3, 0.4) is 0 Å². The molecule has 0 aliphatic carbocycles. The SMILES string of the molecule is CCCCC/C=C/C=C/C=N/O. The fraction of sp³-hybridized carbons (Fsp3) is 0.500. The Morgan fingerprint density at radius 1 is 1.17 bits per heavy atom. The number of nitrogens with zero attached hydrogens (tertiary/aromatic N) is 1. The molecule has 0 aliphatic heterocycles. The first kappa shape index (κ1) is 11.0. The molecule has 0 aromatic heterocycles. The molecule has 2 heteroatoms. The maximum atomic E-state index is 8.03. The lowest BCUT2D eigenvalue weighted by Gasteiger charge is -1.89. The molecule has 12 heavy (non-hydrogen) atoms. The largest absolute Gasteiger partial charge is 0.411 e. The van der Waals surface area contributed by atoms with Gasteiger partial charge in [-0.1, -0.05) is 43.1 Å². The highest BCUT2D eigenvalue weighted by atomic mass is 16.4. The highest BCUT2D eigenvalue weighted by Gasteiger charge is 1.79. The highest BCUT2D eigenvalue weighted by Crippen LogP contribution is 1.99. The van der Waals surface area contributed by atoms with Crippen LogP contribution < -0.4 is 0 Å². The number of rotatable bonds is 6.